The van der Waals surface area contributed by atoms with Crippen LogP contribution in [0.3, 0.4) is 0 Å². The van der Waals surface area contributed by atoms with Crippen LogP contribution in [-0.4, -0.2) is 35.7 Å². The SMILES string of the molecule is CC(C)(N)CN[C@]12CCC(C3(C)CC3)[C@@H]1[C@H]1CC[C@@H]3[C@@]4(C)CC[C@H](OC(=O)[C@H]5C[C@@H](C(=O)OCc6ccccc6)C5(C)C)C(C)(C)[C@@H]4CC[C@@]3(C)[C@]1(C)CC2. The van der Waals surface area contributed by atoms with Crippen LogP contribution >= 0.6 is 0 Å². The van der Waals surface area contributed by atoms with E-state index in [9.17, 15) is 9.59 Å². The van der Waals surface area contributed by atoms with Gasteiger partial charge in [-0.25, -0.2) is 0 Å². The Kier molecular flexibility index (Phi) is 9.46. The summed E-state index contributed by atoms with van der Waals surface area (Å²) in [7, 11) is 0. The van der Waals surface area contributed by atoms with E-state index in [1.165, 1.54) is 64.2 Å². The zero-order valence-electron chi connectivity index (χ0n) is 36.3. The normalized spacial score (nSPS) is 44.8. The molecule has 8 rings (SSSR count). The molecule has 12 atom stereocenters. The molecule has 7 aliphatic carbocycles. The molecular weight excluding hydrogens is 681 g/mol. The van der Waals surface area contributed by atoms with Gasteiger partial charge in [-0.2, -0.15) is 0 Å². The second-order valence-electron chi connectivity index (χ2n) is 23.5. The smallest absolute Gasteiger partial charge is 0.309 e. The number of carbonyl (C=O) groups excluding carboxylic acids is 2. The molecule has 0 amide bonds. The fourth-order valence-corrected chi connectivity index (χ4v) is 15.6. The fourth-order valence-electron chi connectivity index (χ4n) is 15.6. The summed E-state index contributed by atoms with van der Waals surface area (Å²) in [6, 6.07) is 9.81. The van der Waals surface area contributed by atoms with Crippen molar-refractivity contribution in [2.45, 2.75) is 176 Å². The molecular formula is C49H76N2O4. The summed E-state index contributed by atoms with van der Waals surface area (Å²) in [4.78, 5) is 27.1. The zero-order valence-corrected chi connectivity index (χ0v) is 36.3. The summed E-state index contributed by atoms with van der Waals surface area (Å²) in [6.45, 7) is 25.2. The fraction of sp³-hybridized carbons (Fsp3) is 0.837. The van der Waals surface area contributed by atoms with E-state index in [0.29, 0.717) is 34.5 Å². The van der Waals surface area contributed by atoms with E-state index in [1.807, 2.05) is 44.2 Å². The lowest BCUT2D eigenvalue weighted by Crippen LogP contribution is -2.69. The van der Waals surface area contributed by atoms with E-state index in [0.717, 1.165) is 42.7 Å². The van der Waals surface area contributed by atoms with Crippen molar-refractivity contribution in [3.63, 3.8) is 0 Å². The predicted molar refractivity (Wildman–Crippen MR) is 220 cm³/mol. The number of nitrogens with one attached hydrogen (secondary N) is 1. The van der Waals surface area contributed by atoms with Crippen LogP contribution in [0.1, 0.15) is 158 Å². The monoisotopic (exact) mass is 757 g/mol. The van der Waals surface area contributed by atoms with Gasteiger partial charge in [-0.1, -0.05) is 85.7 Å². The first kappa shape index (κ1) is 39.9. The molecule has 0 radical (unpaired) electrons. The molecule has 306 valence electrons. The zero-order chi connectivity index (χ0) is 39.6. The number of carbonyl (C=O) groups is 2. The molecule has 0 aliphatic heterocycles. The van der Waals surface area contributed by atoms with Crippen LogP contribution in [0.4, 0.5) is 0 Å². The highest BCUT2D eigenvalue weighted by molar-refractivity contribution is 5.82. The van der Waals surface area contributed by atoms with Crippen molar-refractivity contribution in [2.24, 2.45) is 79.6 Å². The first-order chi connectivity index (χ1) is 25.6. The molecule has 6 heteroatoms. The molecule has 1 aromatic rings. The molecule has 55 heavy (non-hydrogen) atoms. The minimum absolute atomic E-state index is 0.0964. The number of fused-ring (bicyclic) bond motifs is 7. The van der Waals surface area contributed by atoms with Gasteiger partial charge < -0.3 is 20.5 Å². The van der Waals surface area contributed by atoms with Gasteiger partial charge >= 0.3 is 11.9 Å². The predicted octanol–water partition coefficient (Wildman–Crippen LogP) is 10.3. The Hall–Kier alpha value is -1.92. The summed E-state index contributed by atoms with van der Waals surface area (Å²) < 4.78 is 12.3. The lowest BCUT2D eigenvalue weighted by Gasteiger charge is -2.73. The Morgan fingerprint density at radius 1 is 0.727 bits per heavy atom. The Labute approximate surface area is 334 Å². The first-order valence-electron chi connectivity index (χ1n) is 22.6. The number of hydrogen-bond acceptors (Lipinski definition) is 6. The number of ether oxygens (including phenoxy) is 2. The number of hydrogen-bond donors (Lipinski definition) is 2. The van der Waals surface area contributed by atoms with Gasteiger partial charge in [0, 0.05) is 23.0 Å². The van der Waals surface area contributed by atoms with Gasteiger partial charge in [-0.3, -0.25) is 9.59 Å². The maximum atomic E-state index is 14.0. The third-order valence-electron chi connectivity index (χ3n) is 19.5. The molecule has 1 aromatic carbocycles. The highest BCUT2D eigenvalue weighted by Gasteiger charge is 2.72. The Morgan fingerprint density at radius 3 is 2.07 bits per heavy atom. The van der Waals surface area contributed by atoms with Crippen LogP contribution in [-0.2, 0) is 25.7 Å². The average molecular weight is 757 g/mol. The van der Waals surface area contributed by atoms with Gasteiger partial charge in [0.25, 0.3) is 0 Å². The van der Waals surface area contributed by atoms with Crippen molar-refractivity contribution in [3.05, 3.63) is 35.9 Å². The summed E-state index contributed by atoms with van der Waals surface area (Å²) in [5.41, 5.74) is 8.45. The maximum absolute atomic E-state index is 14.0. The van der Waals surface area contributed by atoms with Crippen molar-refractivity contribution < 1.29 is 19.1 Å². The van der Waals surface area contributed by atoms with Crippen LogP contribution in [0.5, 0.6) is 0 Å². The van der Waals surface area contributed by atoms with Crippen molar-refractivity contribution in [2.75, 3.05) is 6.54 Å². The standard InChI is InChI=1S/C49H76N2O4/c1-42(2,50)30-51-49-23-18-32(45(7)24-25-45)39(49)33-16-17-37-46(8)21-20-38(44(5,6)36(46)19-22-48(37,10)47(33,9)26-27-49)55-41(53)35-28-34(43(35,3)4)40(52)54-29-31-14-12-11-13-15-31/h11-15,32-39,51H,16-30,50H2,1-10H3/t32?,33-,34+,35-,36+,37-,38+,39-,46+,47-,48-,49+/m1/s1. The van der Waals surface area contributed by atoms with Crippen LogP contribution in [0.15, 0.2) is 30.3 Å². The molecule has 7 fully saturated rings. The number of esters is 2. The molecule has 0 saturated heterocycles. The molecule has 0 bridgehead atoms. The van der Waals surface area contributed by atoms with Crippen molar-refractivity contribution in [3.8, 4) is 0 Å². The summed E-state index contributed by atoms with van der Waals surface area (Å²) >= 11 is 0. The molecule has 6 nitrogen and oxygen atoms in total. The highest BCUT2D eigenvalue weighted by Crippen LogP contribution is 2.78. The van der Waals surface area contributed by atoms with Crippen molar-refractivity contribution in [1.82, 2.24) is 5.32 Å². The van der Waals surface area contributed by atoms with Crippen LogP contribution in [0.2, 0.25) is 0 Å². The Bertz CT molecular complexity index is 1640. The van der Waals surface area contributed by atoms with Gasteiger partial charge in [-0.15, -0.1) is 0 Å². The van der Waals surface area contributed by atoms with Crippen molar-refractivity contribution in [1.29, 1.82) is 0 Å². The molecule has 7 saturated carbocycles. The number of rotatable bonds is 9. The molecule has 0 aromatic heterocycles. The van der Waals surface area contributed by atoms with Gasteiger partial charge in [0.15, 0.2) is 0 Å². The first-order valence-corrected chi connectivity index (χ1v) is 22.6. The molecule has 7 aliphatic rings. The summed E-state index contributed by atoms with van der Waals surface area (Å²) in [5.74, 6) is 2.65. The van der Waals surface area contributed by atoms with E-state index < -0.39 is 5.41 Å². The van der Waals surface area contributed by atoms with Crippen molar-refractivity contribution >= 4 is 11.9 Å². The molecule has 3 N–H and O–H groups in total. The van der Waals surface area contributed by atoms with Gasteiger partial charge in [-0.05, 0) is 160 Å². The second kappa shape index (κ2) is 13.0. The van der Waals surface area contributed by atoms with E-state index in [-0.39, 0.29) is 58.4 Å². The van der Waals surface area contributed by atoms with E-state index in [1.54, 1.807) is 0 Å². The number of nitrogens with two attached hydrogens (primary N) is 1. The van der Waals surface area contributed by atoms with E-state index in [4.69, 9.17) is 15.2 Å². The molecule has 0 spiro atoms. The van der Waals surface area contributed by atoms with E-state index >= 15 is 0 Å². The van der Waals surface area contributed by atoms with Gasteiger partial charge in [0.1, 0.15) is 12.7 Å². The lowest BCUT2D eigenvalue weighted by molar-refractivity contribution is -0.250. The van der Waals surface area contributed by atoms with Crippen LogP contribution < -0.4 is 11.1 Å². The third kappa shape index (κ3) is 6.12. The minimum atomic E-state index is -0.484. The summed E-state index contributed by atoms with van der Waals surface area (Å²) in [5, 5.41) is 4.24. The van der Waals surface area contributed by atoms with E-state index in [2.05, 4.69) is 60.7 Å². The quantitative estimate of drug-likeness (QED) is 0.244. The second-order valence-corrected chi connectivity index (χ2v) is 23.5. The average Bonchev–Trinajstić information content (AvgIpc) is 3.73. The topological polar surface area (TPSA) is 90.6 Å². The lowest BCUT2D eigenvalue weighted by atomic mass is 9.32. The molecule has 0 heterocycles. The highest BCUT2D eigenvalue weighted by atomic mass is 16.5. The third-order valence-corrected chi connectivity index (χ3v) is 19.5. The minimum Gasteiger partial charge on any atom is -0.462 e. The maximum Gasteiger partial charge on any atom is 0.309 e. The summed E-state index contributed by atoms with van der Waals surface area (Å²) in [6.07, 6.45) is 15.8. The largest absolute Gasteiger partial charge is 0.462 e. The van der Waals surface area contributed by atoms with Crippen LogP contribution in [0.25, 0.3) is 0 Å². The van der Waals surface area contributed by atoms with Crippen LogP contribution in [0, 0.1) is 73.9 Å². The van der Waals surface area contributed by atoms with Gasteiger partial charge in [0.2, 0.25) is 0 Å². The Morgan fingerprint density at radius 2 is 1.42 bits per heavy atom. The Balaban J connectivity index is 0.966. The molecule has 1 unspecified atom stereocenters. The van der Waals surface area contributed by atoms with Gasteiger partial charge in [0.05, 0.1) is 11.8 Å². The number of benzene rings is 1.